The van der Waals surface area contributed by atoms with Crippen LogP contribution < -0.4 is 0 Å². The molecule has 4 nitrogen and oxygen atoms in total. The van der Waals surface area contributed by atoms with Gasteiger partial charge >= 0.3 is 5.97 Å². The van der Waals surface area contributed by atoms with E-state index in [-0.39, 0.29) is 23.2 Å². The van der Waals surface area contributed by atoms with Crippen molar-refractivity contribution in [3.8, 4) is 0 Å². The normalized spacial score (nSPS) is 33.7. The fourth-order valence-corrected chi connectivity index (χ4v) is 4.16. The number of rotatable bonds is 4. The predicted octanol–water partition coefficient (Wildman–Crippen LogP) is 3.31. The Morgan fingerprint density at radius 2 is 1.81 bits per heavy atom. The lowest BCUT2D eigenvalue weighted by molar-refractivity contribution is -0.146. The molecule has 1 N–H and O–H groups in total. The Kier molecular flexibility index (Phi) is 5.28. The molecule has 0 radical (unpaired) electrons. The smallest absolute Gasteiger partial charge is 0.306 e. The molecule has 0 bridgehead atoms. The zero-order chi connectivity index (χ0) is 15.5. The molecule has 1 atom stereocenters. The number of amides is 1. The minimum atomic E-state index is -0.700. The largest absolute Gasteiger partial charge is 0.481 e. The molecule has 2 aliphatic rings. The Labute approximate surface area is 127 Å². The average molecular weight is 295 g/mol. The molecule has 1 aliphatic carbocycles. The SMILES string of the molecule is CCCC1(C)CCCN(C(=O)C2CCC(C(=O)O)CC2)C1. The van der Waals surface area contributed by atoms with Gasteiger partial charge in [-0.05, 0) is 50.4 Å². The van der Waals surface area contributed by atoms with Crippen LogP contribution in [0.4, 0.5) is 0 Å². The van der Waals surface area contributed by atoms with Gasteiger partial charge in [0.25, 0.3) is 0 Å². The van der Waals surface area contributed by atoms with Crippen LogP contribution in [0.2, 0.25) is 0 Å². The van der Waals surface area contributed by atoms with Crippen LogP contribution in [-0.2, 0) is 9.59 Å². The van der Waals surface area contributed by atoms with Gasteiger partial charge in [-0.1, -0.05) is 20.3 Å². The third kappa shape index (κ3) is 3.98. The zero-order valence-corrected chi connectivity index (χ0v) is 13.4. The van der Waals surface area contributed by atoms with Gasteiger partial charge in [-0.3, -0.25) is 9.59 Å². The van der Waals surface area contributed by atoms with Crippen LogP contribution in [0.15, 0.2) is 0 Å². The molecule has 0 spiro atoms. The number of nitrogens with zero attached hydrogens (tertiary/aromatic N) is 1. The lowest BCUT2D eigenvalue weighted by Gasteiger charge is -2.42. The second kappa shape index (κ2) is 6.80. The van der Waals surface area contributed by atoms with Gasteiger partial charge in [-0.25, -0.2) is 0 Å². The van der Waals surface area contributed by atoms with Crippen LogP contribution in [0.25, 0.3) is 0 Å². The standard InChI is InChI=1S/C17H29NO3/c1-3-9-17(2)10-4-11-18(12-17)15(19)13-5-7-14(8-6-13)16(20)21/h13-14H,3-12H2,1-2H3,(H,20,21). The molecule has 21 heavy (non-hydrogen) atoms. The van der Waals surface area contributed by atoms with Crippen LogP contribution in [0, 0.1) is 17.3 Å². The zero-order valence-electron chi connectivity index (χ0n) is 13.4. The first-order valence-electron chi connectivity index (χ1n) is 8.47. The summed E-state index contributed by atoms with van der Waals surface area (Å²) in [4.78, 5) is 25.8. The molecular formula is C17H29NO3. The van der Waals surface area contributed by atoms with E-state index in [1.807, 2.05) is 0 Å². The number of aliphatic carboxylic acids is 1. The summed E-state index contributed by atoms with van der Waals surface area (Å²) in [5.41, 5.74) is 0.279. The Morgan fingerprint density at radius 3 is 2.38 bits per heavy atom. The highest BCUT2D eigenvalue weighted by Crippen LogP contribution is 2.36. The minimum absolute atomic E-state index is 0.0598. The number of carboxylic acids is 1. The van der Waals surface area contributed by atoms with Gasteiger partial charge in [0.2, 0.25) is 5.91 Å². The molecule has 0 aromatic heterocycles. The monoisotopic (exact) mass is 295 g/mol. The van der Waals surface area contributed by atoms with E-state index in [0.29, 0.717) is 12.8 Å². The third-order valence-corrected chi connectivity index (χ3v) is 5.37. The highest BCUT2D eigenvalue weighted by molar-refractivity contribution is 5.79. The van der Waals surface area contributed by atoms with Crippen LogP contribution in [0.5, 0.6) is 0 Å². The number of piperidine rings is 1. The van der Waals surface area contributed by atoms with Crippen molar-refractivity contribution in [1.29, 1.82) is 0 Å². The fraction of sp³-hybridized carbons (Fsp3) is 0.882. The summed E-state index contributed by atoms with van der Waals surface area (Å²) in [7, 11) is 0. The summed E-state index contributed by atoms with van der Waals surface area (Å²) in [6.07, 6.45) is 7.49. The van der Waals surface area contributed by atoms with Gasteiger partial charge in [0, 0.05) is 19.0 Å². The number of carbonyl (C=O) groups excluding carboxylic acids is 1. The second-order valence-corrected chi connectivity index (χ2v) is 7.31. The van der Waals surface area contributed by atoms with Gasteiger partial charge in [-0.2, -0.15) is 0 Å². The van der Waals surface area contributed by atoms with Crippen LogP contribution >= 0.6 is 0 Å². The Bertz CT molecular complexity index is 383. The van der Waals surface area contributed by atoms with Gasteiger partial charge in [0.1, 0.15) is 0 Å². The van der Waals surface area contributed by atoms with Gasteiger partial charge in [0.15, 0.2) is 0 Å². The molecule has 2 rings (SSSR count). The minimum Gasteiger partial charge on any atom is -0.481 e. The molecule has 4 heteroatoms. The molecule has 1 heterocycles. The summed E-state index contributed by atoms with van der Waals surface area (Å²) >= 11 is 0. The molecular weight excluding hydrogens is 266 g/mol. The van der Waals surface area contributed by atoms with Crippen molar-refractivity contribution < 1.29 is 14.7 Å². The molecule has 1 saturated heterocycles. The summed E-state index contributed by atoms with van der Waals surface area (Å²) < 4.78 is 0. The summed E-state index contributed by atoms with van der Waals surface area (Å²) in [6.45, 7) is 6.28. The number of carboxylic acid groups (broad SMARTS) is 1. The van der Waals surface area contributed by atoms with Crippen molar-refractivity contribution in [2.24, 2.45) is 17.3 Å². The van der Waals surface area contributed by atoms with E-state index in [2.05, 4.69) is 18.7 Å². The van der Waals surface area contributed by atoms with Crippen molar-refractivity contribution in [2.45, 2.75) is 65.2 Å². The van der Waals surface area contributed by atoms with E-state index in [4.69, 9.17) is 5.11 Å². The summed E-state index contributed by atoms with van der Waals surface area (Å²) in [5.74, 6) is -0.597. The number of likely N-dealkylation sites (tertiary alicyclic amines) is 1. The Morgan fingerprint density at radius 1 is 1.19 bits per heavy atom. The summed E-state index contributed by atoms with van der Waals surface area (Å²) in [6, 6.07) is 0. The van der Waals surface area contributed by atoms with Crippen LogP contribution in [0.3, 0.4) is 0 Å². The topological polar surface area (TPSA) is 57.6 Å². The van der Waals surface area contributed by atoms with E-state index in [0.717, 1.165) is 32.4 Å². The first kappa shape index (κ1) is 16.3. The quantitative estimate of drug-likeness (QED) is 0.865. The second-order valence-electron chi connectivity index (χ2n) is 7.31. The highest BCUT2D eigenvalue weighted by Gasteiger charge is 2.36. The van der Waals surface area contributed by atoms with Crippen molar-refractivity contribution in [1.82, 2.24) is 4.90 Å². The highest BCUT2D eigenvalue weighted by atomic mass is 16.4. The third-order valence-electron chi connectivity index (χ3n) is 5.37. The van der Waals surface area contributed by atoms with Crippen LogP contribution in [0.1, 0.15) is 65.2 Å². The Balaban J connectivity index is 1.90. The van der Waals surface area contributed by atoms with Crippen molar-refractivity contribution >= 4 is 11.9 Å². The molecule has 0 aromatic carbocycles. The van der Waals surface area contributed by atoms with Crippen LogP contribution in [-0.4, -0.2) is 35.0 Å². The molecule has 2 fully saturated rings. The Hall–Kier alpha value is -1.06. The first-order valence-corrected chi connectivity index (χ1v) is 8.47. The molecule has 1 unspecified atom stereocenters. The van der Waals surface area contributed by atoms with E-state index < -0.39 is 5.97 Å². The molecule has 1 aliphatic heterocycles. The fourth-order valence-electron chi connectivity index (χ4n) is 4.16. The van der Waals surface area contributed by atoms with Gasteiger partial charge < -0.3 is 10.0 Å². The molecule has 120 valence electrons. The van der Waals surface area contributed by atoms with Crippen molar-refractivity contribution in [3.05, 3.63) is 0 Å². The maximum atomic E-state index is 12.7. The van der Waals surface area contributed by atoms with Crippen molar-refractivity contribution in [3.63, 3.8) is 0 Å². The lowest BCUT2D eigenvalue weighted by atomic mass is 9.77. The van der Waals surface area contributed by atoms with E-state index in [1.165, 1.54) is 19.3 Å². The van der Waals surface area contributed by atoms with Gasteiger partial charge in [0.05, 0.1) is 5.92 Å². The van der Waals surface area contributed by atoms with E-state index in [1.54, 1.807) is 0 Å². The number of hydrogen-bond acceptors (Lipinski definition) is 2. The first-order chi connectivity index (χ1) is 9.95. The summed E-state index contributed by atoms with van der Waals surface area (Å²) in [5, 5.41) is 9.04. The molecule has 1 amide bonds. The molecule has 0 aromatic rings. The lowest BCUT2D eigenvalue weighted by Crippen LogP contribution is -2.47. The van der Waals surface area contributed by atoms with E-state index in [9.17, 15) is 9.59 Å². The number of carbonyl (C=O) groups is 2. The maximum Gasteiger partial charge on any atom is 0.306 e. The predicted molar refractivity (Wildman–Crippen MR) is 81.9 cm³/mol. The maximum absolute atomic E-state index is 12.7. The van der Waals surface area contributed by atoms with Crippen molar-refractivity contribution in [2.75, 3.05) is 13.1 Å². The average Bonchev–Trinajstić information content (AvgIpc) is 2.46. The molecule has 1 saturated carbocycles. The number of hydrogen-bond donors (Lipinski definition) is 1. The van der Waals surface area contributed by atoms with E-state index >= 15 is 0 Å². The van der Waals surface area contributed by atoms with Gasteiger partial charge in [-0.15, -0.1) is 0 Å².